The fraction of sp³-hybridized carbons (Fsp3) is 0.786. The monoisotopic (exact) mass is 222 g/mol. The standard InChI is InChI=1S/C14H22O2/c1-2-6-13(15)12-7-10-16-14(11-12)8-4-3-5-9-14/h2,6,12H,3-5,7-11H2,1H3/b6-2+. The number of ether oxygens (including phenoxy) is 1. The van der Waals surface area contributed by atoms with Crippen LogP contribution in [0.3, 0.4) is 0 Å². The second kappa shape index (κ2) is 5.13. The fourth-order valence-corrected chi connectivity index (χ4v) is 3.12. The van der Waals surface area contributed by atoms with Crippen LogP contribution in [0.25, 0.3) is 0 Å². The van der Waals surface area contributed by atoms with E-state index in [2.05, 4.69) is 0 Å². The maximum Gasteiger partial charge on any atom is 0.158 e. The van der Waals surface area contributed by atoms with Crippen molar-refractivity contribution in [2.24, 2.45) is 5.92 Å². The molecule has 2 heteroatoms. The Morgan fingerprint density at radius 2 is 2.06 bits per heavy atom. The van der Waals surface area contributed by atoms with E-state index < -0.39 is 0 Å². The van der Waals surface area contributed by atoms with Crippen molar-refractivity contribution in [2.45, 2.75) is 57.5 Å². The van der Waals surface area contributed by atoms with Crippen LogP contribution in [0, 0.1) is 5.92 Å². The molecule has 0 aromatic heterocycles. The van der Waals surface area contributed by atoms with Crippen molar-refractivity contribution in [3.63, 3.8) is 0 Å². The number of hydrogen-bond acceptors (Lipinski definition) is 2. The van der Waals surface area contributed by atoms with Gasteiger partial charge in [-0.15, -0.1) is 0 Å². The molecule has 2 rings (SSSR count). The molecule has 1 saturated carbocycles. The van der Waals surface area contributed by atoms with Crippen LogP contribution in [0.2, 0.25) is 0 Å². The SMILES string of the molecule is C/C=C/C(=O)C1CCOC2(CCCCC2)C1. The number of hydrogen-bond donors (Lipinski definition) is 0. The van der Waals surface area contributed by atoms with Crippen molar-refractivity contribution in [1.82, 2.24) is 0 Å². The molecule has 1 aliphatic carbocycles. The van der Waals surface area contributed by atoms with Gasteiger partial charge >= 0.3 is 0 Å². The zero-order valence-electron chi connectivity index (χ0n) is 10.2. The summed E-state index contributed by atoms with van der Waals surface area (Å²) in [6.07, 6.45) is 11.6. The van der Waals surface area contributed by atoms with E-state index in [4.69, 9.17) is 4.74 Å². The topological polar surface area (TPSA) is 26.3 Å². The van der Waals surface area contributed by atoms with Crippen LogP contribution < -0.4 is 0 Å². The highest BCUT2D eigenvalue weighted by atomic mass is 16.5. The molecule has 1 aliphatic heterocycles. The van der Waals surface area contributed by atoms with Gasteiger partial charge < -0.3 is 4.74 Å². The molecule has 2 aliphatic rings. The third-order valence-electron chi connectivity index (χ3n) is 3.99. The van der Waals surface area contributed by atoms with Crippen molar-refractivity contribution in [3.05, 3.63) is 12.2 Å². The lowest BCUT2D eigenvalue weighted by atomic mass is 9.75. The zero-order valence-corrected chi connectivity index (χ0v) is 10.2. The average Bonchev–Trinajstić information content (AvgIpc) is 2.30. The molecule has 0 bridgehead atoms. The highest BCUT2D eigenvalue weighted by Crippen LogP contribution is 2.40. The Labute approximate surface area is 98.1 Å². The predicted molar refractivity (Wildman–Crippen MR) is 64.3 cm³/mol. The summed E-state index contributed by atoms with van der Waals surface area (Å²) in [5, 5.41) is 0. The molecule has 1 heterocycles. The van der Waals surface area contributed by atoms with Gasteiger partial charge in [0.25, 0.3) is 0 Å². The molecule has 0 N–H and O–H groups in total. The Morgan fingerprint density at radius 3 is 2.75 bits per heavy atom. The van der Waals surface area contributed by atoms with E-state index in [1.807, 2.05) is 13.0 Å². The van der Waals surface area contributed by atoms with E-state index in [1.54, 1.807) is 6.08 Å². The highest BCUT2D eigenvalue weighted by Gasteiger charge is 2.39. The van der Waals surface area contributed by atoms with Gasteiger partial charge in [-0.05, 0) is 38.7 Å². The van der Waals surface area contributed by atoms with Crippen molar-refractivity contribution >= 4 is 5.78 Å². The van der Waals surface area contributed by atoms with Crippen LogP contribution in [-0.2, 0) is 9.53 Å². The van der Waals surface area contributed by atoms with Crippen LogP contribution >= 0.6 is 0 Å². The molecule has 0 aromatic rings. The fourth-order valence-electron chi connectivity index (χ4n) is 3.12. The molecule has 0 aromatic carbocycles. The Balaban J connectivity index is 2.00. The van der Waals surface area contributed by atoms with Crippen molar-refractivity contribution in [2.75, 3.05) is 6.61 Å². The quantitative estimate of drug-likeness (QED) is 0.670. The summed E-state index contributed by atoms with van der Waals surface area (Å²) in [7, 11) is 0. The molecule has 2 fully saturated rings. The van der Waals surface area contributed by atoms with Crippen LogP contribution in [0.15, 0.2) is 12.2 Å². The van der Waals surface area contributed by atoms with Crippen LogP contribution in [0.5, 0.6) is 0 Å². The first-order valence-corrected chi connectivity index (χ1v) is 6.56. The largest absolute Gasteiger partial charge is 0.375 e. The lowest BCUT2D eigenvalue weighted by Gasteiger charge is -2.43. The van der Waals surface area contributed by atoms with Gasteiger partial charge in [-0.25, -0.2) is 0 Å². The van der Waals surface area contributed by atoms with Gasteiger partial charge in [-0.3, -0.25) is 4.79 Å². The first-order chi connectivity index (χ1) is 7.76. The molecule has 1 unspecified atom stereocenters. The number of ketones is 1. The van der Waals surface area contributed by atoms with Crippen molar-refractivity contribution in [3.8, 4) is 0 Å². The summed E-state index contributed by atoms with van der Waals surface area (Å²) in [4.78, 5) is 11.9. The van der Waals surface area contributed by atoms with E-state index in [1.165, 1.54) is 19.3 Å². The smallest absolute Gasteiger partial charge is 0.158 e. The van der Waals surface area contributed by atoms with Gasteiger partial charge in [0.15, 0.2) is 5.78 Å². The molecule has 2 nitrogen and oxygen atoms in total. The van der Waals surface area contributed by atoms with Gasteiger partial charge in [0, 0.05) is 12.5 Å². The van der Waals surface area contributed by atoms with Gasteiger partial charge in [0.2, 0.25) is 0 Å². The highest BCUT2D eigenvalue weighted by molar-refractivity contribution is 5.91. The third kappa shape index (κ3) is 2.54. The first kappa shape index (κ1) is 11.8. The van der Waals surface area contributed by atoms with E-state index in [-0.39, 0.29) is 11.5 Å². The summed E-state index contributed by atoms with van der Waals surface area (Å²) < 4.78 is 5.99. The van der Waals surface area contributed by atoms with Crippen LogP contribution in [-0.4, -0.2) is 18.0 Å². The van der Waals surface area contributed by atoms with E-state index >= 15 is 0 Å². The number of allylic oxidation sites excluding steroid dienone is 2. The number of rotatable bonds is 2. The molecule has 90 valence electrons. The number of carbonyl (C=O) groups is 1. The molecule has 0 amide bonds. The second-order valence-electron chi connectivity index (χ2n) is 5.18. The van der Waals surface area contributed by atoms with Gasteiger partial charge in [0.05, 0.1) is 5.60 Å². The maximum absolute atomic E-state index is 11.9. The molecule has 1 atom stereocenters. The van der Waals surface area contributed by atoms with Crippen molar-refractivity contribution in [1.29, 1.82) is 0 Å². The third-order valence-corrected chi connectivity index (χ3v) is 3.99. The molecular formula is C14H22O2. The number of carbonyl (C=O) groups excluding carboxylic acids is 1. The van der Waals surface area contributed by atoms with Gasteiger partial charge in [-0.1, -0.05) is 25.3 Å². The van der Waals surface area contributed by atoms with Crippen molar-refractivity contribution < 1.29 is 9.53 Å². The molecule has 0 radical (unpaired) electrons. The summed E-state index contributed by atoms with van der Waals surface area (Å²) >= 11 is 0. The lowest BCUT2D eigenvalue weighted by Crippen LogP contribution is -2.43. The Kier molecular flexibility index (Phi) is 3.80. The minimum atomic E-state index is 0.0540. The van der Waals surface area contributed by atoms with E-state index in [9.17, 15) is 4.79 Å². The normalized spacial score (nSPS) is 29.7. The van der Waals surface area contributed by atoms with E-state index in [0.717, 1.165) is 32.3 Å². The summed E-state index contributed by atoms with van der Waals surface area (Å²) in [5.74, 6) is 0.513. The summed E-state index contributed by atoms with van der Waals surface area (Å²) in [6.45, 7) is 2.68. The maximum atomic E-state index is 11.9. The van der Waals surface area contributed by atoms with Gasteiger partial charge in [-0.2, -0.15) is 0 Å². The Morgan fingerprint density at radius 1 is 1.31 bits per heavy atom. The lowest BCUT2D eigenvalue weighted by molar-refractivity contribution is -0.139. The average molecular weight is 222 g/mol. The van der Waals surface area contributed by atoms with Gasteiger partial charge in [0.1, 0.15) is 0 Å². The summed E-state index contributed by atoms with van der Waals surface area (Å²) in [6, 6.07) is 0. The zero-order chi connectivity index (χ0) is 11.4. The second-order valence-corrected chi connectivity index (χ2v) is 5.18. The Bertz CT molecular complexity index is 269. The summed E-state index contributed by atoms with van der Waals surface area (Å²) in [5.41, 5.74) is 0.0540. The Hall–Kier alpha value is -0.630. The van der Waals surface area contributed by atoms with E-state index in [0.29, 0.717) is 5.78 Å². The van der Waals surface area contributed by atoms with Crippen LogP contribution in [0.1, 0.15) is 51.9 Å². The molecule has 16 heavy (non-hydrogen) atoms. The predicted octanol–water partition coefficient (Wildman–Crippen LogP) is 3.26. The minimum absolute atomic E-state index is 0.0540. The molecule has 1 saturated heterocycles. The first-order valence-electron chi connectivity index (χ1n) is 6.56. The molecule has 1 spiro atoms. The molecular weight excluding hydrogens is 200 g/mol. The van der Waals surface area contributed by atoms with Crippen LogP contribution in [0.4, 0.5) is 0 Å². The minimum Gasteiger partial charge on any atom is -0.375 e.